The van der Waals surface area contributed by atoms with Crippen molar-refractivity contribution in [2.75, 3.05) is 11.1 Å². The van der Waals surface area contributed by atoms with Crippen LogP contribution in [0.25, 0.3) is 10.2 Å². The van der Waals surface area contributed by atoms with Gasteiger partial charge in [-0.25, -0.2) is 4.98 Å². The van der Waals surface area contributed by atoms with E-state index in [1.54, 1.807) is 22.7 Å². The zero-order valence-corrected chi connectivity index (χ0v) is 12.1. The van der Waals surface area contributed by atoms with Gasteiger partial charge in [0.2, 0.25) is 5.95 Å². The first-order valence-corrected chi connectivity index (χ1v) is 7.78. The lowest BCUT2D eigenvalue weighted by Gasteiger charge is -2.05. The molecule has 0 amide bonds. The van der Waals surface area contributed by atoms with E-state index in [2.05, 4.69) is 39.7 Å². The summed E-state index contributed by atoms with van der Waals surface area (Å²) in [7, 11) is 0. The molecule has 3 N–H and O–H groups in total. The largest absolute Gasteiger partial charge is 0.368 e. The minimum atomic E-state index is 0.325. The molecule has 6 heteroatoms. The van der Waals surface area contributed by atoms with Crippen LogP contribution in [0.1, 0.15) is 16.7 Å². The van der Waals surface area contributed by atoms with Crippen molar-refractivity contribution in [3.8, 4) is 0 Å². The molecule has 0 aromatic carbocycles. The number of hydrogen-bond acceptors (Lipinski definition) is 6. The van der Waals surface area contributed by atoms with Gasteiger partial charge in [0.25, 0.3) is 0 Å². The topological polar surface area (TPSA) is 63.8 Å². The lowest BCUT2D eigenvalue weighted by molar-refractivity contribution is 1.14. The van der Waals surface area contributed by atoms with E-state index in [-0.39, 0.29) is 0 Å². The smallest absolute Gasteiger partial charge is 0.223 e. The summed E-state index contributed by atoms with van der Waals surface area (Å²) in [5, 5.41) is 6.49. The SMILES string of the molecule is CCc1cc2c(NCc3cccs3)nc(N)nc2s1. The second kappa shape index (κ2) is 5.14. The van der Waals surface area contributed by atoms with Crippen molar-refractivity contribution in [2.24, 2.45) is 0 Å². The number of aryl methyl sites for hydroxylation is 1. The van der Waals surface area contributed by atoms with Crippen LogP contribution in [0.4, 0.5) is 11.8 Å². The Balaban J connectivity index is 1.94. The van der Waals surface area contributed by atoms with E-state index in [4.69, 9.17) is 5.73 Å². The number of hydrogen-bond donors (Lipinski definition) is 2. The van der Waals surface area contributed by atoms with Gasteiger partial charge in [-0.1, -0.05) is 13.0 Å². The molecule has 0 aliphatic carbocycles. The van der Waals surface area contributed by atoms with Crippen molar-refractivity contribution < 1.29 is 0 Å². The molecule has 98 valence electrons. The van der Waals surface area contributed by atoms with Crippen LogP contribution in [0.15, 0.2) is 23.6 Å². The summed E-state index contributed by atoms with van der Waals surface area (Å²) in [6, 6.07) is 6.30. The summed E-state index contributed by atoms with van der Waals surface area (Å²) < 4.78 is 0. The zero-order chi connectivity index (χ0) is 13.2. The number of aromatic nitrogens is 2. The van der Waals surface area contributed by atoms with Crippen LogP contribution in [0.5, 0.6) is 0 Å². The number of nitrogens with zero attached hydrogens (tertiary/aromatic N) is 2. The third-order valence-corrected chi connectivity index (χ3v) is 4.87. The Kier molecular flexibility index (Phi) is 3.35. The highest BCUT2D eigenvalue weighted by Crippen LogP contribution is 2.30. The maximum absolute atomic E-state index is 5.77. The molecule has 3 rings (SSSR count). The standard InChI is InChI=1S/C13H14N4S2/c1-2-8-6-10-11(15-7-9-4-3-5-18-9)16-13(14)17-12(10)19-8/h3-6H,2,7H2,1H3,(H3,14,15,16,17). The average molecular weight is 290 g/mol. The van der Waals surface area contributed by atoms with Crippen LogP contribution in [-0.4, -0.2) is 9.97 Å². The second-order valence-electron chi connectivity index (χ2n) is 4.15. The van der Waals surface area contributed by atoms with Gasteiger partial charge in [0.15, 0.2) is 0 Å². The van der Waals surface area contributed by atoms with E-state index in [0.717, 1.165) is 29.0 Å². The van der Waals surface area contributed by atoms with E-state index < -0.39 is 0 Å². The van der Waals surface area contributed by atoms with Crippen LogP contribution >= 0.6 is 22.7 Å². The van der Waals surface area contributed by atoms with E-state index in [1.807, 2.05) is 6.07 Å². The van der Waals surface area contributed by atoms with Gasteiger partial charge in [-0.3, -0.25) is 0 Å². The Morgan fingerprint density at radius 3 is 2.95 bits per heavy atom. The average Bonchev–Trinajstić information content (AvgIpc) is 3.04. The Bertz CT molecular complexity index is 688. The van der Waals surface area contributed by atoms with Crippen molar-refractivity contribution in [3.63, 3.8) is 0 Å². The fraction of sp³-hybridized carbons (Fsp3) is 0.231. The van der Waals surface area contributed by atoms with Gasteiger partial charge in [-0.2, -0.15) is 4.98 Å². The fourth-order valence-electron chi connectivity index (χ4n) is 1.88. The summed E-state index contributed by atoms with van der Waals surface area (Å²) in [5.41, 5.74) is 5.77. The number of thiophene rings is 2. The highest BCUT2D eigenvalue weighted by molar-refractivity contribution is 7.18. The molecule has 0 saturated carbocycles. The van der Waals surface area contributed by atoms with Gasteiger partial charge >= 0.3 is 0 Å². The maximum atomic E-state index is 5.77. The molecule has 0 radical (unpaired) electrons. The molecule has 4 nitrogen and oxygen atoms in total. The fourth-order valence-corrected chi connectivity index (χ4v) is 3.50. The number of anilines is 2. The highest BCUT2D eigenvalue weighted by atomic mass is 32.1. The Morgan fingerprint density at radius 1 is 1.32 bits per heavy atom. The first-order chi connectivity index (χ1) is 9.26. The lowest BCUT2D eigenvalue weighted by atomic mass is 10.3. The molecule has 3 aromatic heterocycles. The van der Waals surface area contributed by atoms with Crippen molar-refractivity contribution in [2.45, 2.75) is 19.9 Å². The van der Waals surface area contributed by atoms with Crippen molar-refractivity contribution in [3.05, 3.63) is 33.3 Å². The van der Waals surface area contributed by atoms with E-state index in [9.17, 15) is 0 Å². The molecular weight excluding hydrogens is 276 g/mol. The normalized spacial score (nSPS) is 11.0. The summed E-state index contributed by atoms with van der Waals surface area (Å²) in [4.78, 5) is 12.1. The predicted octanol–water partition coefficient (Wildman–Crippen LogP) is 3.51. The molecule has 0 bridgehead atoms. The molecule has 0 aliphatic rings. The van der Waals surface area contributed by atoms with Gasteiger partial charge in [-0.15, -0.1) is 22.7 Å². The van der Waals surface area contributed by atoms with Crippen LogP contribution in [0, 0.1) is 0 Å². The third kappa shape index (κ3) is 2.54. The first-order valence-electron chi connectivity index (χ1n) is 6.08. The Morgan fingerprint density at radius 2 is 2.21 bits per heavy atom. The Labute approximate surface area is 119 Å². The molecule has 0 unspecified atom stereocenters. The number of nitrogen functional groups attached to an aromatic ring is 1. The summed E-state index contributed by atoms with van der Waals surface area (Å²) >= 11 is 3.41. The van der Waals surface area contributed by atoms with Crippen LogP contribution in [0.2, 0.25) is 0 Å². The van der Waals surface area contributed by atoms with E-state index in [0.29, 0.717) is 5.95 Å². The van der Waals surface area contributed by atoms with Gasteiger partial charge in [0.1, 0.15) is 10.6 Å². The van der Waals surface area contributed by atoms with Gasteiger partial charge in [-0.05, 0) is 23.9 Å². The van der Waals surface area contributed by atoms with E-state index >= 15 is 0 Å². The number of rotatable bonds is 4. The number of fused-ring (bicyclic) bond motifs is 1. The molecule has 0 fully saturated rings. The number of nitrogens with one attached hydrogen (secondary N) is 1. The molecule has 19 heavy (non-hydrogen) atoms. The van der Waals surface area contributed by atoms with Crippen molar-refractivity contribution in [1.82, 2.24) is 9.97 Å². The number of nitrogens with two attached hydrogens (primary N) is 1. The summed E-state index contributed by atoms with van der Waals surface area (Å²) in [5.74, 6) is 1.15. The molecule has 3 aromatic rings. The van der Waals surface area contributed by atoms with Crippen LogP contribution < -0.4 is 11.1 Å². The third-order valence-electron chi connectivity index (χ3n) is 2.82. The minimum Gasteiger partial charge on any atom is -0.368 e. The van der Waals surface area contributed by atoms with Crippen LogP contribution in [0.3, 0.4) is 0 Å². The summed E-state index contributed by atoms with van der Waals surface area (Å²) in [6.45, 7) is 2.90. The first kappa shape index (κ1) is 12.4. The minimum absolute atomic E-state index is 0.325. The molecule has 0 spiro atoms. The van der Waals surface area contributed by atoms with E-state index in [1.165, 1.54) is 9.75 Å². The molecule has 0 aliphatic heterocycles. The van der Waals surface area contributed by atoms with Crippen molar-refractivity contribution >= 4 is 44.7 Å². The summed E-state index contributed by atoms with van der Waals surface area (Å²) in [6.07, 6.45) is 1.01. The molecule has 0 atom stereocenters. The van der Waals surface area contributed by atoms with Gasteiger partial charge < -0.3 is 11.1 Å². The predicted molar refractivity (Wildman–Crippen MR) is 82.9 cm³/mol. The zero-order valence-electron chi connectivity index (χ0n) is 10.5. The monoisotopic (exact) mass is 290 g/mol. The van der Waals surface area contributed by atoms with Crippen molar-refractivity contribution in [1.29, 1.82) is 0 Å². The molecule has 0 saturated heterocycles. The quantitative estimate of drug-likeness (QED) is 0.772. The van der Waals surface area contributed by atoms with Gasteiger partial charge in [0, 0.05) is 9.75 Å². The lowest BCUT2D eigenvalue weighted by Crippen LogP contribution is -2.03. The highest BCUT2D eigenvalue weighted by Gasteiger charge is 2.10. The molecular formula is C13H14N4S2. The van der Waals surface area contributed by atoms with Crippen LogP contribution in [-0.2, 0) is 13.0 Å². The maximum Gasteiger partial charge on any atom is 0.223 e. The van der Waals surface area contributed by atoms with Gasteiger partial charge in [0.05, 0.1) is 11.9 Å². The Hall–Kier alpha value is -1.66. The second-order valence-corrected chi connectivity index (χ2v) is 6.30. The molecule has 3 heterocycles.